The SMILES string of the molecule is COc1ccc(C(=O)N2CCC(C(=O)Nc3ccccc3)CC2)c(O)c1. The van der Waals surface area contributed by atoms with E-state index in [2.05, 4.69) is 5.32 Å². The molecule has 1 heterocycles. The van der Waals surface area contributed by atoms with Gasteiger partial charge in [0.2, 0.25) is 5.91 Å². The average molecular weight is 354 g/mol. The predicted molar refractivity (Wildman–Crippen MR) is 98.4 cm³/mol. The fourth-order valence-electron chi connectivity index (χ4n) is 3.10. The van der Waals surface area contributed by atoms with Crippen molar-refractivity contribution >= 4 is 17.5 Å². The minimum Gasteiger partial charge on any atom is -0.507 e. The summed E-state index contributed by atoms with van der Waals surface area (Å²) in [6.45, 7) is 0.967. The number of phenols is 1. The summed E-state index contributed by atoms with van der Waals surface area (Å²) >= 11 is 0. The molecule has 0 saturated carbocycles. The van der Waals surface area contributed by atoms with Gasteiger partial charge < -0.3 is 20.1 Å². The summed E-state index contributed by atoms with van der Waals surface area (Å²) in [5, 5.41) is 12.9. The number of phenolic OH excluding ortho intramolecular Hbond substituents is 1. The molecule has 2 amide bonds. The lowest BCUT2D eigenvalue weighted by Crippen LogP contribution is -2.41. The van der Waals surface area contributed by atoms with Crippen molar-refractivity contribution in [3.05, 3.63) is 54.1 Å². The fraction of sp³-hybridized carbons (Fsp3) is 0.300. The van der Waals surface area contributed by atoms with E-state index in [-0.39, 0.29) is 29.0 Å². The number of anilines is 1. The van der Waals surface area contributed by atoms with Crippen molar-refractivity contribution in [3.8, 4) is 11.5 Å². The molecule has 1 aliphatic rings. The number of nitrogens with zero attached hydrogens (tertiary/aromatic N) is 1. The molecule has 0 radical (unpaired) electrons. The van der Waals surface area contributed by atoms with Crippen LogP contribution in [0.2, 0.25) is 0 Å². The van der Waals surface area contributed by atoms with E-state index < -0.39 is 0 Å². The second kappa shape index (κ2) is 7.91. The zero-order valence-electron chi connectivity index (χ0n) is 14.6. The second-order valence-corrected chi connectivity index (χ2v) is 6.30. The van der Waals surface area contributed by atoms with E-state index in [4.69, 9.17) is 4.74 Å². The molecular weight excluding hydrogens is 332 g/mol. The number of aromatic hydroxyl groups is 1. The van der Waals surface area contributed by atoms with Crippen molar-refractivity contribution < 1.29 is 19.4 Å². The number of likely N-dealkylation sites (tertiary alicyclic amines) is 1. The Labute approximate surface area is 152 Å². The molecule has 6 heteroatoms. The van der Waals surface area contributed by atoms with Crippen molar-refractivity contribution in [3.63, 3.8) is 0 Å². The number of hydrogen-bond acceptors (Lipinski definition) is 4. The molecule has 1 saturated heterocycles. The van der Waals surface area contributed by atoms with Gasteiger partial charge in [-0.3, -0.25) is 9.59 Å². The number of amides is 2. The van der Waals surface area contributed by atoms with Crippen LogP contribution in [0.25, 0.3) is 0 Å². The number of rotatable bonds is 4. The molecule has 0 aliphatic carbocycles. The normalized spacial score (nSPS) is 14.7. The Morgan fingerprint density at radius 1 is 1.12 bits per heavy atom. The maximum Gasteiger partial charge on any atom is 0.257 e. The molecule has 136 valence electrons. The summed E-state index contributed by atoms with van der Waals surface area (Å²) < 4.78 is 5.04. The van der Waals surface area contributed by atoms with E-state index >= 15 is 0 Å². The van der Waals surface area contributed by atoms with Crippen LogP contribution in [-0.4, -0.2) is 42.0 Å². The Kier molecular flexibility index (Phi) is 5.41. The van der Waals surface area contributed by atoms with Crippen LogP contribution in [0.1, 0.15) is 23.2 Å². The van der Waals surface area contributed by atoms with Crippen LogP contribution < -0.4 is 10.1 Å². The second-order valence-electron chi connectivity index (χ2n) is 6.30. The largest absolute Gasteiger partial charge is 0.507 e. The number of carbonyl (C=O) groups excluding carboxylic acids is 2. The highest BCUT2D eigenvalue weighted by atomic mass is 16.5. The van der Waals surface area contributed by atoms with Gasteiger partial charge in [0.05, 0.1) is 12.7 Å². The third-order valence-corrected chi connectivity index (χ3v) is 4.63. The van der Waals surface area contributed by atoms with Crippen LogP contribution >= 0.6 is 0 Å². The van der Waals surface area contributed by atoms with Crippen LogP contribution in [0.15, 0.2) is 48.5 Å². The number of methoxy groups -OCH3 is 1. The lowest BCUT2D eigenvalue weighted by Gasteiger charge is -2.31. The van der Waals surface area contributed by atoms with Crippen LogP contribution in [0.4, 0.5) is 5.69 Å². The first-order valence-electron chi connectivity index (χ1n) is 8.60. The molecule has 2 aromatic carbocycles. The Morgan fingerprint density at radius 3 is 2.42 bits per heavy atom. The van der Waals surface area contributed by atoms with Gasteiger partial charge in [-0.1, -0.05) is 18.2 Å². The zero-order chi connectivity index (χ0) is 18.5. The molecule has 26 heavy (non-hydrogen) atoms. The number of nitrogens with one attached hydrogen (secondary N) is 1. The van der Waals surface area contributed by atoms with E-state index in [1.54, 1.807) is 17.0 Å². The van der Waals surface area contributed by atoms with Crippen LogP contribution in [-0.2, 0) is 4.79 Å². The van der Waals surface area contributed by atoms with Gasteiger partial charge in [0, 0.05) is 30.8 Å². The molecule has 1 aliphatic heterocycles. The summed E-state index contributed by atoms with van der Waals surface area (Å²) in [5.41, 5.74) is 1.03. The van der Waals surface area contributed by atoms with Crippen molar-refractivity contribution in [2.75, 3.05) is 25.5 Å². The van der Waals surface area contributed by atoms with Gasteiger partial charge in [-0.05, 0) is 37.1 Å². The fourth-order valence-corrected chi connectivity index (χ4v) is 3.10. The van der Waals surface area contributed by atoms with Gasteiger partial charge >= 0.3 is 0 Å². The standard InChI is InChI=1S/C20H22N2O4/c1-26-16-7-8-17(18(23)13-16)20(25)22-11-9-14(10-12-22)19(24)21-15-5-3-2-4-6-15/h2-8,13-14,23H,9-12H2,1H3,(H,21,24). The molecule has 2 aromatic rings. The van der Waals surface area contributed by atoms with E-state index in [0.717, 1.165) is 5.69 Å². The summed E-state index contributed by atoms with van der Waals surface area (Å²) in [7, 11) is 1.50. The Bertz CT molecular complexity index is 784. The quantitative estimate of drug-likeness (QED) is 0.885. The lowest BCUT2D eigenvalue weighted by molar-refractivity contribution is -0.121. The molecule has 0 bridgehead atoms. The number of para-hydroxylation sites is 1. The topological polar surface area (TPSA) is 78.9 Å². The summed E-state index contributed by atoms with van der Waals surface area (Å²) in [4.78, 5) is 26.7. The Morgan fingerprint density at radius 2 is 1.81 bits per heavy atom. The third-order valence-electron chi connectivity index (χ3n) is 4.63. The van der Waals surface area contributed by atoms with Crippen LogP contribution in [0, 0.1) is 5.92 Å². The van der Waals surface area contributed by atoms with Gasteiger partial charge in [-0.15, -0.1) is 0 Å². The smallest absolute Gasteiger partial charge is 0.257 e. The van der Waals surface area contributed by atoms with Crippen LogP contribution in [0.3, 0.4) is 0 Å². The highest BCUT2D eigenvalue weighted by Gasteiger charge is 2.28. The number of hydrogen-bond donors (Lipinski definition) is 2. The zero-order valence-corrected chi connectivity index (χ0v) is 14.6. The molecule has 0 spiro atoms. The number of piperidine rings is 1. The lowest BCUT2D eigenvalue weighted by atomic mass is 9.95. The molecule has 1 fully saturated rings. The summed E-state index contributed by atoms with van der Waals surface area (Å²) in [6, 6.07) is 14.0. The van der Waals surface area contributed by atoms with E-state index in [9.17, 15) is 14.7 Å². The van der Waals surface area contributed by atoms with Crippen molar-refractivity contribution in [1.29, 1.82) is 0 Å². The Hall–Kier alpha value is -3.02. The van der Waals surface area contributed by atoms with E-state index in [0.29, 0.717) is 31.7 Å². The summed E-state index contributed by atoms with van der Waals surface area (Å²) in [5.74, 6) is 0.0278. The van der Waals surface area contributed by atoms with Gasteiger partial charge in [-0.2, -0.15) is 0 Å². The molecule has 2 N–H and O–H groups in total. The highest BCUT2D eigenvalue weighted by Crippen LogP contribution is 2.27. The van der Waals surface area contributed by atoms with Crippen molar-refractivity contribution in [2.24, 2.45) is 5.92 Å². The Balaban J connectivity index is 1.58. The van der Waals surface area contributed by atoms with Gasteiger partial charge in [0.25, 0.3) is 5.91 Å². The van der Waals surface area contributed by atoms with Crippen LogP contribution in [0.5, 0.6) is 11.5 Å². The molecule has 0 unspecified atom stereocenters. The monoisotopic (exact) mass is 354 g/mol. The number of ether oxygens (including phenoxy) is 1. The highest BCUT2D eigenvalue weighted by molar-refractivity contribution is 5.97. The number of benzene rings is 2. The first kappa shape index (κ1) is 17.8. The predicted octanol–water partition coefficient (Wildman–Crippen LogP) is 2.89. The van der Waals surface area contributed by atoms with Gasteiger partial charge in [-0.25, -0.2) is 0 Å². The first-order valence-corrected chi connectivity index (χ1v) is 8.60. The van der Waals surface area contributed by atoms with Gasteiger partial charge in [0.1, 0.15) is 11.5 Å². The number of carbonyl (C=O) groups is 2. The first-order chi connectivity index (χ1) is 12.6. The molecule has 0 atom stereocenters. The van der Waals surface area contributed by atoms with E-state index in [1.807, 2.05) is 30.3 Å². The maximum absolute atomic E-state index is 12.6. The minimum atomic E-state index is -0.230. The molecular formula is C20H22N2O4. The summed E-state index contributed by atoms with van der Waals surface area (Å²) in [6.07, 6.45) is 1.20. The molecule has 3 rings (SSSR count). The average Bonchev–Trinajstić information content (AvgIpc) is 2.68. The van der Waals surface area contributed by atoms with Crippen molar-refractivity contribution in [1.82, 2.24) is 4.90 Å². The minimum absolute atomic E-state index is 0.0180. The van der Waals surface area contributed by atoms with Gasteiger partial charge in [0.15, 0.2) is 0 Å². The molecule has 6 nitrogen and oxygen atoms in total. The van der Waals surface area contributed by atoms with E-state index in [1.165, 1.54) is 13.2 Å². The maximum atomic E-state index is 12.6. The molecule has 0 aromatic heterocycles. The third kappa shape index (κ3) is 3.96. The van der Waals surface area contributed by atoms with Crippen molar-refractivity contribution in [2.45, 2.75) is 12.8 Å².